The monoisotopic (exact) mass is 277 g/mol. The fraction of sp³-hybridized carbons (Fsp3) is 0.538. The highest BCUT2D eigenvalue weighted by Gasteiger charge is 2.28. The number of hydrogen-bond acceptors (Lipinski definition) is 2. The van der Waals surface area contributed by atoms with Crippen molar-refractivity contribution in [2.45, 2.75) is 31.7 Å². The first kappa shape index (κ1) is 15.2. The number of nitrogens with two attached hydrogens (primary N) is 1. The van der Waals surface area contributed by atoms with Crippen LogP contribution in [0.15, 0.2) is 12.1 Å². The lowest BCUT2D eigenvalue weighted by Crippen LogP contribution is -2.22. The zero-order valence-electron chi connectivity index (χ0n) is 10.3. The first-order chi connectivity index (χ1) is 8.15. The van der Waals surface area contributed by atoms with Gasteiger partial charge in [-0.2, -0.15) is 0 Å². The van der Waals surface area contributed by atoms with Gasteiger partial charge in [-0.25, -0.2) is 8.78 Å². The first-order valence-corrected chi connectivity index (χ1v) is 5.92. The van der Waals surface area contributed by atoms with Crippen LogP contribution in [0.5, 0.6) is 5.75 Å². The van der Waals surface area contributed by atoms with Crippen LogP contribution in [-0.4, -0.2) is 7.11 Å². The highest BCUT2D eigenvalue weighted by atomic mass is 35.5. The minimum absolute atomic E-state index is 0. The molecule has 5 heteroatoms. The third kappa shape index (κ3) is 2.75. The standard InChI is InChI=1S/C13H17F2NO.ClH/c1-17-10-7-6-9(14)11(12(10)15)13(16)8-4-2-3-5-8;/h6-8,13H,2-5,16H2,1H3;1H/t13-;/m1./s1. The summed E-state index contributed by atoms with van der Waals surface area (Å²) in [6.45, 7) is 0. The maximum absolute atomic E-state index is 14.0. The summed E-state index contributed by atoms with van der Waals surface area (Å²) < 4.78 is 32.5. The molecule has 2 rings (SSSR count). The number of benzene rings is 1. The van der Waals surface area contributed by atoms with E-state index in [9.17, 15) is 8.78 Å². The molecule has 1 aromatic carbocycles. The molecule has 102 valence electrons. The second-order valence-corrected chi connectivity index (χ2v) is 4.55. The minimum Gasteiger partial charge on any atom is -0.494 e. The number of methoxy groups -OCH3 is 1. The van der Waals surface area contributed by atoms with Crippen LogP contribution in [0.3, 0.4) is 0 Å². The van der Waals surface area contributed by atoms with E-state index in [1.165, 1.54) is 19.2 Å². The van der Waals surface area contributed by atoms with Crippen molar-refractivity contribution in [2.24, 2.45) is 11.7 Å². The summed E-state index contributed by atoms with van der Waals surface area (Å²) in [5, 5.41) is 0. The normalized spacial score (nSPS) is 17.3. The lowest BCUT2D eigenvalue weighted by molar-refractivity contribution is 0.364. The number of ether oxygens (including phenoxy) is 1. The summed E-state index contributed by atoms with van der Waals surface area (Å²) in [5.41, 5.74) is 5.96. The summed E-state index contributed by atoms with van der Waals surface area (Å²) in [6.07, 6.45) is 4.06. The van der Waals surface area contributed by atoms with Crippen molar-refractivity contribution in [3.63, 3.8) is 0 Å². The van der Waals surface area contributed by atoms with E-state index >= 15 is 0 Å². The Balaban J connectivity index is 0.00000162. The SMILES string of the molecule is COc1ccc(F)c([C@H](N)C2CCCC2)c1F.Cl. The summed E-state index contributed by atoms with van der Waals surface area (Å²) in [7, 11) is 1.36. The van der Waals surface area contributed by atoms with Gasteiger partial charge in [0.05, 0.1) is 7.11 Å². The van der Waals surface area contributed by atoms with E-state index in [2.05, 4.69) is 0 Å². The Kier molecular flexibility index (Phi) is 5.35. The van der Waals surface area contributed by atoms with E-state index < -0.39 is 17.7 Å². The van der Waals surface area contributed by atoms with Crippen molar-refractivity contribution in [3.8, 4) is 5.75 Å². The van der Waals surface area contributed by atoms with E-state index in [-0.39, 0.29) is 29.6 Å². The van der Waals surface area contributed by atoms with Crippen LogP contribution in [0.4, 0.5) is 8.78 Å². The van der Waals surface area contributed by atoms with Crippen LogP contribution in [0.2, 0.25) is 0 Å². The lowest BCUT2D eigenvalue weighted by atomic mass is 9.91. The van der Waals surface area contributed by atoms with Gasteiger partial charge < -0.3 is 10.5 Å². The molecule has 18 heavy (non-hydrogen) atoms. The quantitative estimate of drug-likeness (QED) is 0.916. The molecule has 0 heterocycles. The molecule has 0 radical (unpaired) electrons. The van der Waals surface area contributed by atoms with Gasteiger partial charge in [0.15, 0.2) is 11.6 Å². The molecule has 1 atom stereocenters. The van der Waals surface area contributed by atoms with Gasteiger partial charge in [0, 0.05) is 11.6 Å². The predicted octanol–water partition coefficient (Wildman–Crippen LogP) is 3.59. The van der Waals surface area contributed by atoms with Crippen molar-refractivity contribution in [1.29, 1.82) is 0 Å². The Morgan fingerprint density at radius 3 is 2.44 bits per heavy atom. The average Bonchev–Trinajstić information content (AvgIpc) is 2.82. The van der Waals surface area contributed by atoms with Crippen molar-refractivity contribution < 1.29 is 13.5 Å². The molecular formula is C13H18ClF2NO. The molecule has 0 amide bonds. The Hall–Kier alpha value is -0.870. The fourth-order valence-corrected chi connectivity index (χ4v) is 2.56. The number of halogens is 3. The van der Waals surface area contributed by atoms with Gasteiger partial charge in [-0.1, -0.05) is 12.8 Å². The highest BCUT2D eigenvalue weighted by molar-refractivity contribution is 5.85. The van der Waals surface area contributed by atoms with E-state index in [1.54, 1.807) is 0 Å². The van der Waals surface area contributed by atoms with Gasteiger partial charge in [0.2, 0.25) is 0 Å². The molecule has 0 spiro atoms. The Bertz CT molecular complexity index is 408. The van der Waals surface area contributed by atoms with E-state index in [4.69, 9.17) is 10.5 Å². The molecule has 1 aliphatic carbocycles. The summed E-state index contributed by atoms with van der Waals surface area (Å²) in [6, 6.07) is 1.93. The van der Waals surface area contributed by atoms with Crippen LogP contribution in [0.1, 0.15) is 37.3 Å². The van der Waals surface area contributed by atoms with Crippen LogP contribution in [-0.2, 0) is 0 Å². The van der Waals surface area contributed by atoms with Crippen molar-refractivity contribution in [2.75, 3.05) is 7.11 Å². The maximum atomic E-state index is 14.0. The summed E-state index contributed by atoms with van der Waals surface area (Å²) in [4.78, 5) is 0. The zero-order valence-corrected chi connectivity index (χ0v) is 11.1. The van der Waals surface area contributed by atoms with Gasteiger partial charge in [0.25, 0.3) is 0 Å². The molecule has 1 aromatic rings. The molecule has 1 aliphatic rings. The largest absolute Gasteiger partial charge is 0.494 e. The second kappa shape index (κ2) is 6.34. The zero-order chi connectivity index (χ0) is 12.4. The predicted molar refractivity (Wildman–Crippen MR) is 69.0 cm³/mol. The molecule has 0 unspecified atom stereocenters. The van der Waals surface area contributed by atoms with Crippen molar-refractivity contribution in [3.05, 3.63) is 29.3 Å². The molecule has 0 saturated heterocycles. The highest BCUT2D eigenvalue weighted by Crippen LogP contribution is 2.37. The number of rotatable bonds is 3. The molecule has 1 saturated carbocycles. The maximum Gasteiger partial charge on any atom is 0.172 e. The fourth-order valence-electron chi connectivity index (χ4n) is 2.56. The van der Waals surface area contributed by atoms with E-state index in [0.29, 0.717) is 0 Å². The Morgan fingerprint density at radius 2 is 1.89 bits per heavy atom. The number of hydrogen-bond donors (Lipinski definition) is 1. The first-order valence-electron chi connectivity index (χ1n) is 5.92. The third-order valence-corrected chi connectivity index (χ3v) is 3.55. The smallest absolute Gasteiger partial charge is 0.172 e. The molecular weight excluding hydrogens is 260 g/mol. The minimum atomic E-state index is -0.660. The molecule has 0 aromatic heterocycles. The van der Waals surface area contributed by atoms with E-state index in [1.807, 2.05) is 0 Å². The van der Waals surface area contributed by atoms with Crippen LogP contribution >= 0.6 is 12.4 Å². The summed E-state index contributed by atoms with van der Waals surface area (Å²) in [5.74, 6) is -1.02. The molecule has 0 bridgehead atoms. The van der Waals surface area contributed by atoms with E-state index in [0.717, 1.165) is 25.7 Å². The van der Waals surface area contributed by atoms with Gasteiger partial charge in [-0.3, -0.25) is 0 Å². The average molecular weight is 278 g/mol. The van der Waals surface area contributed by atoms with Crippen LogP contribution < -0.4 is 10.5 Å². The van der Waals surface area contributed by atoms with Gasteiger partial charge in [-0.05, 0) is 30.9 Å². The Labute approximate surface area is 112 Å². The molecule has 0 aliphatic heterocycles. The van der Waals surface area contributed by atoms with Crippen molar-refractivity contribution in [1.82, 2.24) is 0 Å². The third-order valence-electron chi connectivity index (χ3n) is 3.55. The van der Waals surface area contributed by atoms with Crippen LogP contribution in [0.25, 0.3) is 0 Å². The van der Waals surface area contributed by atoms with Gasteiger partial charge in [-0.15, -0.1) is 12.4 Å². The van der Waals surface area contributed by atoms with Gasteiger partial charge >= 0.3 is 0 Å². The second-order valence-electron chi connectivity index (χ2n) is 4.55. The lowest BCUT2D eigenvalue weighted by Gasteiger charge is -2.21. The molecule has 2 nitrogen and oxygen atoms in total. The van der Waals surface area contributed by atoms with Gasteiger partial charge in [0.1, 0.15) is 5.82 Å². The molecule has 1 fully saturated rings. The topological polar surface area (TPSA) is 35.2 Å². The Morgan fingerprint density at radius 1 is 1.28 bits per heavy atom. The summed E-state index contributed by atoms with van der Waals surface area (Å²) >= 11 is 0. The van der Waals surface area contributed by atoms with Crippen molar-refractivity contribution >= 4 is 12.4 Å². The van der Waals surface area contributed by atoms with Crippen LogP contribution in [0, 0.1) is 17.6 Å². The molecule has 2 N–H and O–H groups in total.